The molecule has 3 fully saturated rings. The first-order chi connectivity index (χ1) is 16.0. The fourth-order valence-electron chi connectivity index (χ4n) is 6.00. The fraction of sp³-hybridized carbons (Fsp3) is 0.462. The van der Waals surface area contributed by atoms with Crippen LogP contribution in [0.25, 0.3) is 0 Å². The van der Waals surface area contributed by atoms with Crippen LogP contribution in [0.3, 0.4) is 0 Å². The van der Waals surface area contributed by atoms with E-state index in [-0.39, 0.29) is 17.5 Å². The summed E-state index contributed by atoms with van der Waals surface area (Å²) in [5.74, 6) is -0.518. The zero-order valence-electron chi connectivity index (χ0n) is 18.6. The minimum absolute atomic E-state index is 0.0509. The molecule has 1 spiro atoms. The first kappa shape index (κ1) is 21.8. The van der Waals surface area contributed by atoms with Crippen LogP contribution >= 0.6 is 0 Å². The van der Waals surface area contributed by atoms with Gasteiger partial charge in [0.2, 0.25) is 5.91 Å². The normalized spacial score (nSPS) is 27.4. The highest BCUT2D eigenvalue weighted by molar-refractivity contribution is 5.93. The topological polar surface area (TPSA) is 59.4 Å². The van der Waals surface area contributed by atoms with Crippen molar-refractivity contribution in [3.8, 4) is 6.07 Å². The lowest BCUT2D eigenvalue weighted by Gasteiger charge is -2.47. The van der Waals surface area contributed by atoms with Gasteiger partial charge in [0.1, 0.15) is 17.2 Å². The van der Waals surface area contributed by atoms with Gasteiger partial charge >= 0.3 is 0 Å². The zero-order chi connectivity index (χ0) is 23.1. The fourth-order valence-corrected chi connectivity index (χ4v) is 6.00. The van der Waals surface area contributed by atoms with Gasteiger partial charge in [0.05, 0.1) is 18.2 Å². The van der Waals surface area contributed by atoms with E-state index in [1.54, 1.807) is 24.3 Å². The number of piperidine rings is 1. The highest BCUT2D eigenvalue weighted by Crippen LogP contribution is 2.42. The van der Waals surface area contributed by atoms with Crippen LogP contribution in [0, 0.1) is 23.0 Å². The van der Waals surface area contributed by atoms with Crippen LogP contribution in [0.15, 0.2) is 48.5 Å². The van der Waals surface area contributed by atoms with E-state index >= 15 is 0 Å². The van der Waals surface area contributed by atoms with Gasteiger partial charge < -0.3 is 15.1 Å². The number of carbonyl (C=O) groups is 1. The van der Waals surface area contributed by atoms with Crippen LogP contribution in [-0.2, 0) is 10.2 Å². The molecule has 1 amide bonds. The number of halogens is 2. The number of rotatable bonds is 3. The van der Waals surface area contributed by atoms with Crippen molar-refractivity contribution in [2.45, 2.75) is 55.5 Å². The van der Waals surface area contributed by atoms with E-state index in [4.69, 9.17) is 0 Å². The molecule has 1 aliphatic carbocycles. The summed E-state index contributed by atoms with van der Waals surface area (Å²) in [6, 6.07) is 15.6. The third kappa shape index (κ3) is 3.76. The second kappa shape index (κ2) is 8.42. The summed E-state index contributed by atoms with van der Waals surface area (Å²) >= 11 is 0. The van der Waals surface area contributed by atoms with Gasteiger partial charge in [-0.25, -0.2) is 8.78 Å². The van der Waals surface area contributed by atoms with Gasteiger partial charge in [0.15, 0.2) is 0 Å². The Balaban J connectivity index is 1.25. The maximum atomic E-state index is 13.4. The molecule has 1 N–H and O–H groups in total. The van der Waals surface area contributed by atoms with E-state index in [1.807, 2.05) is 0 Å². The largest absolute Gasteiger partial charge is 0.339 e. The van der Waals surface area contributed by atoms with Gasteiger partial charge in [-0.1, -0.05) is 12.1 Å². The van der Waals surface area contributed by atoms with Crippen LogP contribution in [0.5, 0.6) is 0 Å². The van der Waals surface area contributed by atoms with Gasteiger partial charge in [-0.15, -0.1) is 0 Å². The molecule has 5 nitrogen and oxygen atoms in total. The minimum Gasteiger partial charge on any atom is -0.339 e. The van der Waals surface area contributed by atoms with Gasteiger partial charge in [-0.2, -0.15) is 5.26 Å². The first-order valence-corrected chi connectivity index (χ1v) is 11.7. The Labute approximate surface area is 193 Å². The number of carbonyl (C=O) groups excluding carboxylic acids is 1. The first-order valence-electron chi connectivity index (χ1n) is 11.7. The second-order valence-corrected chi connectivity index (χ2v) is 9.57. The predicted octanol–water partition coefficient (Wildman–Crippen LogP) is 4.10. The molecule has 2 saturated heterocycles. The Bertz CT molecular complexity index is 1050. The summed E-state index contributed by atoms with van der Waals surface area (Å²) in [6.45, 7) is 2.06. The summed E-state index contributed by atoms with van der Waals surface area (Å²) in [4.78, 5) is 17.4. The average Bonchev–Trinajstić information content (AvgIpc) is 3.16. The number of nitrogens with zero attached hydrogens (tertiary/aromatic N) is 3. The van der Waals surface area contributed by atoms with Crippen molar-refractivity contribution in [2.24, 2.45) is 0 Å². The Morgan fingerprint density at radius 2 is 1.48 bits per heavy atom. The molecule has 2 aromatic carbocycles. The molecule has 0 bridgehead atoms. The number of anilines is 1. The van der Waals surface area contributed by atoms with Crippen molar-refractivity contribution in [2.75, 3.05) is 24.7 Å². The molecule has 7 heteroatoms. The number of likely N-dealkylation sites (tertiary alicyclic amines) is 1. The third-order valence-corrected chi connectivity index (χ3v) is 8.04. The SMILES string of the molecule is N#CC1(c2ccc(F)cc2)CCC(N2CCC3(CC2)C(=O)NCN3c2ccc(F)cc2)CC1. The molecule has 2 heterocycles. The van der Waals surface area contributed by atoms with Crippen molar-refractivity contribution >= 4 is 11.6 Å². The number of hydrogen-bond donors (Lipinski definition) is 1. The van der Waals surface area contributed by atoms with Crippen molar-refractivity contribution in [1.29, 1.82) is 5.26 Å². The molecule has 0 atom stereocenters. The molecular formula is C26H28F2N4O. The molecule has 33 heavy (non-hydrogen) atoms. The maximum absolute atomic E-state index is 13.4. The maximum Gasteiger partial charge on any atom is 0.247 e. The number of benzene rings is 2. The van der Waals surface area contributed by atoms with Crippen LogP contribution in [0.4, 0.5) is 14.5 Å². The van der Waals surface area contributed by atoms with E-state index in [0.717, 1.165) is 50.0 Å². The minimum atomic E-state index is -0.590. The predicted molar refractivity (Wildman–Crippen MR) is 121 cm³/mol. The average molecular weight is 451 g/mol. The lowest BCUT2D eigenvalue weighted by Crippen LogP contribution is -2.58. The summed E-state index contributed by atoms with van der Waals surface area (Å²) in [7, 11) is 0. The summed E-state index contributed by atoms with van der Waals surface area (Å²) in [5.41, 5.74) is 0.624. The zero-order valence-corrected chi connectivity index (χ0v) is 18.6. The summed E-state index contributed by atoms with van der Waals surface area (Å²) < 4.78 is 26.8. The molecular weight excluding hydrogens is 422 g/mol. The van der Waals surface area contributed by atoms with E-state index in [1.165, 1.54) is 24.3 Å². The van der Waals surface area contributed by atoms with Crippen molar-refractivity contribution < 1.29 is 13.6 Å². The van der Waals surface area contributed by atoms with E-state index < -0.39 is 11.0 Å². The van der Waals surface area contributed by atoms with Gasteiger partial charge in [-0.05, 0) is 80.5 Å². The molecule has 0 aromatic heterocycles. The summed E-state index contributed by atoms with van der Waals surface area (Å²) in [5, 5.41) is 12.9. The van der Waals surface area contributed by atoms with Crippen LogP contribution in [-0.4, -0.2) is 42.1 Å². The molecule has 0 radical (unpaired) electrons. The third-order valence-electron chi connectivity index (χ3n) is 8.04. The molecule has 1 saturated carbocycles. The Hall–Kier alpha value is -2.98. The van der Waals surface area contributed by atoms with Crippen LogP contribution < -0.4 is 10.2 Å². The van der Waals surface area contributed by atoms with Gasteiger partial charge in [0.25, 0.3) is 0 Å². The number of nitrogens with one attached hydrogen (secondary N) is 1. The lowest BCUT2D eigenvalue weighted by molar-refractivity contribution is -0.125. The van der Waals surface area contributed by atoms with Gasteiger partial charge in [-0.3, -0.25) is 4.79 Å². The van der Waals surface area contributed by atoms with E-state index in [2.05, 4.69) is 21.2 Å². The Morgan fingerprint density at radius 1 is 0.909 bits per heavy atom. The number of hydrogen-bond acceptors (Lipinski definition) is 4. The smallest absolute Gasteiger partial charge is 0.247 e. The molecule has 3 aliphatic rings. The Morgan fingerprint density at radius 3 is 2.06 bits per heavy atom. The van der Waals surface area contributed by atoms with Gasteiger partial charge in [0, 0.05) is 24.8 Å². The highest BCUT2D eigenvalue weighted by Gasteiger charge is 2.51. The molecule has 5 rings (SSSR count). The second-order valence-electron chi connectivity index (χ2n) is 9.57. The quantitative estimate of drug-likeness (QED) is 0.765. The monoisotopic (exact) mass is 450 g/mol. The van der Waals surface area contributed by atoms with E-state index in [9.17, 15) is 18.8 Å². The number of nitriles is 1. The van der Waals surface area contributed by atoms with Crippen molar-refractivity contribution in [3.05, 3.63) is 65.7 Å². The molecule has 2 aliphatic heterocycles. The van der Waals surface area contributed by atoms with Crippen LogP contribution in [0.1, 0.15) is 44.1 Å². The standard InChI is InChI=1S/C26H28F2N4O/c27-20-3-1-19(2-4-20)25(17-29)11-9-22(10-12-25)31-15-13-26(14-16-31)24(33)30-18-32(26)23-7-5-21(28)6-8-23/h1-8,22H,9-16,18H2,(H,30,33). The highest BCUT2D eigenvalue weighted by atomic mass is 19.1. The Kier molecular flexibility index (Phi) is 5.57. The number of amides is 1. The van der Waals surface area contributed by atoms with Crippen molar-refractivity contribution in [1.82, 2.24) is 10.2 Å². The lowest BCUT2D eigenvalue weighted by atomic mass is 9.68. The molecule has 2 aromatic rings. The molecule has 0 unspecified atom stereocenters. The summed E-state index contributed by atoms with van der Waals surface area (Å²) in [6.07, 6.45) is 4.76. The van der Waals surface area contributed by atoms with E-state index in [0.29, 0.717) is 25.6 Å². The molecule has 172 valence electrons. The van der Waals surface area contributed by atoms with Crippen LogP contribution in [0.2, 0.25) is 0 Å². The van der Waals surface area contributed by atoms with Crippen molar-refractivity contribution in [3.63, 3.8) is 0 Å².